The molecule has 5 atom stereocenters. The second-order valence-electron chi connectivity index (χ2n) is 7.68. The SMILES string of the molecule is CCCPC1CC(C(C)C)(C(C)C)CC(Cl)(PCCC)C1Cl. The van der Waals surface area contributed by atoms with Gasteiger partial charge in [-0.25, -0.2) is 0 Å². The second kappa shape index (κ2) is 9.22. The van der Waals surface area contributed by atoms with Crippen molar-refractivity contribution in [3.8, 4) is 0 Å². The predicted octanol–water partition coefficient (Wildman–Crippen LogP) is 7.17. The molecule has 0 aromatic rings. The highest BCUT2D eigenvalue weighted by Crippen LogP contribution is 2.62. The minimum Gasteiger partial charge on any atom is -0.120 e. The highest BCUT2D eigenvalue weighted by atomic mass is 35.5. The molecule has 0 saturated heterocycles. The van der Waals surface area contributed by atoms with Crippen molar-refractivity contribution >= 4 is 40.4 Å². The molecule has 132 valence electrons. The molecule has 5 unspecified atom stereocenters. The Morgan fingerprint density at radius 1 is 1.05 bits per heavy atom. The van der Waals surface area contributed by atoms with Gasteiger partial charge in [-0.2, -0.15) is 0 Å². The van der Waals surface area contributed by atoms with Gasteiger partial charge in [0, 0.05) is 0 Å². The summed E-state index contributed by atoms with van der Waals surface area (Å²) in [7, 11) is 1.77. The van der Waals surface area contributed by atoms with Gasteiger partial charge in [0.1, 0.15) is 0 Å². The zero-order chi connectivity index (χ0) is 17.0. The summed E-state index contributed by atoms with van der Waals surface area (Å²) < 4.78 is -0.171. The van der Waals surface area contributed by atoms with Gasteiger partial charge in [-0.3, -0.25) is 0 Å². The fourth-order valence-electron chi connectivity index (χ4n) is 4.02. The van der Waals surface area contributed by atoms with E-state index in [9.17, 15) is 0 Å². The van der Waals surface area contributed by atoms with Gasteiger partial charge in [0.05, 0.1) is 9.99 Å². The largest absolute Gasteiger partial charge is 0.120 e. The molecule has 0 heterocycles. The summed E-state index contributed by atoms with van der Waals surface area (Å²) in [5.74, 6) is 1.35. The van der Waals surface area contributed by atoms with E-state index in [0.717, 1.165) is 23.6 Å². The van der Waals surface area contributed by atoms with Crippen LogP contribution >= 0.6 is 40.4 Å². The van der Waals surface area contributed by atoms with E-state index in [1.807, 2.05) is 0 Å². The van der Waals surface area contributed by atoms with Gasteiger partial charge in [0.25, 0.3) is 0 Å². The average Bonchev–Trinajstić information content (AvgIpc) is 2.46. The molecule has 0 aliphatic heterocycles. The molecule has 1 fully saturated rings. The summed E-state index contributed by atoms with van der Waals surface area (Å²) >= 11 is 14.2. The van der Waals surface area contributed by atoms with Gasteiger partial charge < -0.3 is 0 Å². The molecule has 4 heteroatoms. The normalized spacial score (nSPS) is 33.0. The van der Waals surface area contributed by atoms with Gasteiger partial charge in [0.2, 0.25) is 0 Å². The number of alkyl halides is 2. The number of hydrogen-bond donors (Lipinski definition) is 0. The van der Waals surface area contributed by atoms with Crippen molar-refractivity contribution in [1.29, 1.82) is 0 Å². The molecule has 1 aliphatic carbocycles. The summed E-state index contributed by atoms with van der Waals surface area (Å²) in [6.07, 6.45) is 7.40. The van der Waals surface area contributed by atoms with E-state index in [0.29, 0.717) is 22.9 Å². The molecule has 0 spiro atoms. The van der Waals surface area contributed by atoms with Crippen LogP contribution in [0.5, 0.6) is 0 Å². The first-order valence-corrected chi connectivity index (χ1v) is 12.4. The van der Waals surface area contributed by atoms with Crippen LogP contribution < -0.4 is 0 Å². The number of rotatable bonds is 8. The van der Waals surface area contributed by atoms with Gasteiger partial charge in [0.15, 0.2) is 0 Å². The first kappa shape index (κ1) is 21.5. The maximum Gasteiger partial charge on any atom is 0.0786 e. The van der Waals surface area contributed by atoms with Crippen LogP contribution in [0.25, 0.3) is 0 Å². The summed E-state index contributed by atoms with van der Waals surface area (Å²) in [6, 6.07) is 0. The molecule has 1 aliphatic rings. The first-order valence-electron chi connectivity index (χ1n) is 9.04. The maximum absolute atomic E-state index is 7.24. The summed E-state index contributed by atoms with van der Waals surface area (Å²) in [5.41, 5.74) is 0.973. The third-order valence-corrected chi connectivity index (χ3v) is 11.2. The van der Waals surface area contributed by atoms with E-state index in [1.165, 1.54) is 31.6 Å². The molecule has 0 aromatic heterocycles. The van der Waals surface area contributed by atoms with Crippen LogP contribution in [-0.4, -0.2) is 28.0 Å². The third kappa shape index (κ3) is 4.75. The topological polar surface area (TPSA) is 0 Å². The minimum absolute atomic E-state index is 0.162. The van der Waals surface area contributed by atoms with Crippen molar-refractivity contribution in [3.05, 3.63) is 0 Å². The lowest BCUT2D eigenvalue weighted by molar-refractivity contribution is 0.0587. The van der Waals surface area contributed by atoms with Crippen LogP contribution in [0.2, 0.25) is 0 Å². The zero-order valence-corrected chi connectivity index (χ0v) is 18.8. The Morgan fingerprint density at radius 3 is 2.05 bits per heavy atom. The van der Waals surface area contributed by atoms with Crippen LogP contribution in [0.1, 0.15) is 67.2 Å². The fraction of sp³-hybridized carbons (Fsp3) is 1.00. The lowest BCUT2D eigenvalue weighted by Crippen LogP contribution is -2.52. The molecular formula is C18H36Cl2P2. The molecule has 1 saturated carbocycles. The second-order valence-corrected chi connectivity index (χ2v) is 12.5. The standard InChI is InChI=1S/C18H36Cl2P2/c1-7-9-21-15-11-17(13(3)4,14(5)6)12-18(20,16(15)19)22-10-8-2/h13-16,21-22H,7-12H2,1-6H3. The Kier molecular flexibility index (Phi) is 9.01. The maximum atomic E-state index is 7.24. The van der Waals surface area contributed by atoms with Crippen LogP contribution in [0.15, 0.2) is 0 Å². The summed E-state index contributed by atoms with van der Waals surface area (Å²) in [4.78, 5) is 0. The van der Waals surface area contributed by atoms with E-state index in [-0.39, 0.29) is 9.99 Å². The van der Waals surface area contributed by atoms with E-state index < -0.39 is 0 Å². The molecule has 0 aromatic carbocycles. The van der Waals surface area contributed by atoms with E-state index in [1.54, 1.807) is 0 Å². The van der Waals surface area contributed by atoms with Crippen LogP contribution in [0, 0.1) is 17.3 Å². The van der Waals surface area contributed by atoms with E-state index in [4.69, 9.17) is 23.2 Å². The Morgan fingerprint density at radius 2 is 1.59 bits per heavy atom. The van der Waals surface area contributed by atoms with Crippen molar-refractivity contribution in [2.45, 2.75) is 82.9 Å². The van der Waals surface area contributed by atoms with Crippen molar-refractivity contribution < 1.29 is 0 Å². The molecule has 0 bridgehead atoms. The van der Waals surface area contributed by atoms with Crippen LogP contribution in [0.4, 0.5) is 0 Å². The molecule has 0 N–H and O–H groups in total. The van der Waals surface area contributed by atoms with Gasteiger partial charge >= 0.3 is 0 Å². The average molecular weight is 385 g/mol. The molecule has 1 rings (SSSR count). The first-order chi connectivity index (χ1) is 10.2. The zero-order valence-electron chi connectivity index (χ0n) is 15.3. The monoisotopic (exact) mass is 384 g/mol. The van der Waals surface area contributed by atoms with E-state index in [2.05, 4.69) is 41.5 Å². The molecule has 0 amide bonds. The molecule has 0 nitrogen and oxygen atoms in total. The quantitative estimate of drug-likeness (QED) is 0.307. The van der Waals surface area contributed by atoms with Crippen LogP contribution in [-0.2, 0) is 0 Å². The smallest absolute Gasteiger partial charge is 0.0786 e. The van der Waals surface area contributed by atoms with Gasteiger partial charge in [-0.15, -0.1) is 31.8 Å². The molecular weight excluding hydrogens is 349 g/mol. The van der Waals surface area contributed by atoms with Crippen molar-refractivity contribution in [1.82, 2.24) is 0 Å². The Balaban J connectivity index is 3.11. The van der Waals surface area contributed by atoms with Gasteiger partial charge in [-0.05, 0) is 48.1 Å². The Hall–Kier alpha value is 1.44. The molecule has 0 radical (unpaired) electrons. The Labute approximate surface area is 152 Å². The van der Waals surface area contributed by atoms with Crippen molar-refractivity contribution in [2.24, 2.45) is 17.3 Å². The predicted molar refractivity (Wildman–Crippen MR) is 110 cm³/mol. The minimum atomic E-state index is -0.171. The van der Waals surface area contributed by atoms with E-state index >= 15 is 0 Å². The Bertz CT molecular complexity index is 325. The van der Waals surface area contributed by atoms with Crippen molar-refractivity contribution in [3.63, 3.8) is 0 Å². The summed E-state index contributed by atoms with van der Waals surface area (Å²) in [6.45, 7) is 14.1. The highest BCUT2D eigenvalue weighted by molar-refractivity contribution is 7.43. The number of halogens is 2. The fourth-order valence-corrected chi connectivity index (χ4v) is 8.84. The highest BCUT2D eigenvalue weighted by Gasteiger charge is 2.54. The van der Waals surface area contributed by atoms with Gasteiger partial charge in [-0.1, -0.05) is 63.0 Å². The lowest BCUT2D eigenvalue weighted by Gasteiger charge is -2.55. The third-order valence-electron chi connectivity index (χ3n) is 5.60. The summed E-state index contributed by atoms with van der Waals surface area (Å²) in [5, 5.41) is 0.162. The lowest BCUT2D eigenvalue weighted by atomic mass is 9.60. The number of hydrogen-bond acceptors (Lipinski definition) is 0. The molecule has 22 heavy (non-hydrogen) atoms. The van der Waals surface area contributed by atoms with Crippen LogP contribution in [0.3, 0.4) is 0 Å². The van der Waals surface area contributed by atoms with Crippen molar-refractivity contribution in [2.75, 3.05) is 12.3 Å².